The lowest BCUT2D eigenvalue weighted by Gasteiger charge is -2.23. The van der Waals surface area contributed by atoms with Crippen molar-refractivity contribution in [1.29, 1.82) is 0 Å². The Morgan fingerprint density at radius 1 is 0.719 bits per heavy atom. The lowest BCUT2D eigenvalue weighted by atomic mass is 10.0. The van der Waals surface area contributed by atoms with Gasteiger partial charge in [0.15, 0.2) is 0 Å². The predicted octanol–water partition coefficient (Wildman–Crippen LogP) is 6.65. The lowest BCUT2D eigenvalue weighted by molar-refractivity contribution is -0.117. The standard InChI is InChI=1S/C24H50N2O3.C2H7N/c1-3-5-6-7-8-9-10-11-12-13-14-15-16-17-18-19-21-28-23(29-24(26)27)22(25)20-4-2;1-3-2/h22-23H,3-21,25H2,1-2H3,(H2,26,27);3H,1-2H3. The van der Waals surface area contributed by atoms with Crippen LogP contribution in [0.15, 0.2) is 0 Å². The van der Waals surface area contributed by atoms with Gasteiger partial charge in [-0.25, -0.2) is 4.79 Å². The highest BCUT2D eigenvalue weighted by Gasteiger charge is 2.20. The summed E-state index contributed by atoms with van der Waals surface area (Å²) in [4.78, 5) is 11.0. The third-order valence-corrected chi connectivity index (χ3v) is 5.48. The van der Waals surface area contributed by atoms with Crippen molar-refractivity contribution in [2.24, 2.45) is 11.5 Å². The number of unbranched alkanes of at least 4 members (excludes halogenated alkanes) is 15. The first-order valence-electron chi connectivity index (χ1n) is 13.4. The topological polar surface area (TPSA) is 99.6 Å². The third-order valence-electron chi connectivity index (χ3n) is 5.48. The van der Waals surface area contributed by atoms with E-state index in [1.807, 2.05) is 21.0 Å². The van der Waals surface area contributed by atoms with E-state index in [1.54, 1.807) is 0 Å². The largest absolute Gasteiger partial charge is 0.418 e. The summed E-state index contributed by atoms with van der Waals surface area (Å²) in [5.74, 6) is 0. The molecule has 5 N–H and O–H groups in total. The Morgan fingerprint density at radius 3 is 1.44 bits per heavy atom. The fourth-order valence-electron chi connectivity index (χ4n) is 3.68. The molecule has 0 aliphatic rings. The van der Waals surface area contributed by atoms with E-state index >= 15 is 0 Å². The number of nitrogens with one attached hydrogen (secondary N) is 1. The van der Waals surface area contributed by atoms with Crippen molar-refractivity contribution < 1.29 is 14.3 Å². The summed E-state index contributed by atoms with van der Waals surface area (Å²) in [6.45, 7) is 4.88. The second kappa shape index (κ2) is 28.2. The number of carbonyl (C=O) groups is 1. The lowest BCUT2D eigenvalue weighted by Crippen LogP contribution is -2.41. The zero-order valence-corrected chi connectivity index (χ0v) is 22.0. The van der Waals surface area contributed by atoms with Crippen LogP contribution in [-0.2, 0) is 9.47 Å². The maximum Gasteiger partial charge on any atom is 0.406 e. The zero-order chi connectivity index (χ0) is 24.3. The number of hydrogen-bond acceptors (Lipinski definition) is 5. The van der Waals surface area contributed by atoms with Gasteiger partial charge in [0.2, 0.25) is 6.29 Å². The molecule has 0 heterocycles. The molecule has 0 bridgehead atoms. The first-order chi connectivity index (χ1) is 15.5. The smallest absolute Gasteiger partial charge is 0.406 e. The van der Waals surface area contributed by atoms with Crippen LogP contribution in [-0.4, -0.2) is 39.1 Å². The Balaban J connectivity index is 0. The SMILES string of the molecule is CCCCCCCCCCCCCCCCCCOC(OC(N)=O)C(N)CCC.CNC. The van der Waals surface area contributed by atoms with Crippen LogP contribution in [0, 0.1) is 0 Å². The van der Waals surface area contributed by atoms with Gasteiger partial charge in [0, 0.05) is 0 Å². The Kier molecular flexibility index (Phi) is 29.3. The maximum atomic E-state index is 11.0. The van der Waals surface area contributed by atoms with Gasteiger partial charge in [0.1, 0.15) is 0 Å². The molecule has 6 heteroatoms. The highest BCUT2D eigenvalue weighted by Crippen LogP contribution is 2.14. The quantitative estimate of drug-likeness (QED) is 0.124. The number of ether oxygens (including phenoxy) is 2. The number of rotatable bonds is 22. The van der Waals surface area contributed by atoms with Crippen molar-refractivity contribution in [2.45, 2.75) is 142 Å². The summed E-state index contributed by atoms with van der Waals surface area (Å²) < 4.78 is 10.6. The zero-order valence-electron chi connectivity index (χ0n) is 22.0. The minimum atomic E-state index is -0.825. The van der Waals surface area contributed by atoms with Crippen molar-refractivity contribution in [3.63, 3.8) is 0 Å². The van der Waals surface area contributed by atoms with Crippen LogP contribution < -0.4 is 16.8 Å². The molecule has 2 atom stereocenters. The highest BCUT2D eigenvalue weighted by molar-refractivity contribution is 5.64. The van der Waals surface area contributed by atoms with Gasteiger partial charge in [0.25, 0.3) is 0 Å². The molecule has 0 radical (unpaired) electrons. The van der Waals surface area contributed by atoms with Gasteiger partial charge in [-0.15, -0.1) is 0 Å². The van der Waals surface area contributed by atoms with E-state index in [9.17, 15) is 4.79 Å². The van der Waals surface area contributed by atoms with Crippen molar-refractivity contribution in [2.75, 3.05) is 20.7 Å². The van der Waals surface area contributed by atoms with E-state index in [4.69, 9.17) is 20.9 Å². The molecule has 0 spiro atoms. The maximum absolute atomic E-state index is 11.0. The van der Waals surface area contributed by atoms with E-state index in [2.05, 4.69) is 12.2 Å². The van der Waals surface area contributed by atoms with Crippen LogP contribution in [0.3, 0.4) is 0 Å². The molecule has 1 amide bonds. The first kappa shape index (κ1) is 33.3. The van der Waals surface area contributed by atoms with E-state index in [1.165, 1.54) is 89.9 Å². The summed E-state index contributed by atoms with van der Waals surface area (Å²) in [6.07, 6.45) is 21.6. The van der Waals surface area contributed by atoms with Gasteiger partial charge in [-0.2, -0.15) is 0 Å². The normalized spacial score (nSPS) is 12.7. The Hall–Kier alpha value is -0.850. The van der Waals surface area contributed by atoms with Crippen LogP contribution in [0.1, 0.15) is 129 Å². The molecule has 0 aliphatic carbocycles. The second-order valence-corrected chi connectivity index (χ2v) is 8.93. The fourth-order valence-corrected chi connectivity index (χ4v) is 3.68. The molecule has 6 nitrogen and oxygen atoms in total. The van der Waals surface area contributed by atoms with E-state index in [-0.39, 0.29) is 6.04 Å². The van der Waals surface area contributed by atoms with Gasteiger partial charge in [-0.3, -0.25) is 0 Å². The molecule has 0 aliphatic heterocycles. The molecule has 32 heavy (non-hydrogen) atoms. The summed E-state index contributed by atoms with van der Waals surface area (Å²) in [7, 11) is 3.75. The van der Waals surface area contributed by atoms with Crippen molar-refractivity contribution >= 4 is 6.09 Å². The van der Waals surface area contributed by atoms with Crippen LogP contribution in [0.5, 0.6) is 0 Å². The van der Waals surface area contributed by atoms with Gasteiger partial charge < -0.3 is 26.3 Å². The Bertz CT molecular complexity index is 370. The Labute approximate surface area is 199 Å². The van der Waals surface area contributed by atoms with Crippen LogP contribution in [0.4, 0.5) is 4.79 Å². The minimum Gasteiger partial charge on any atom is -0.418 e. The van der Waals surface area contributed by atoms with Gasteiger partial charge in [-0.05, 0) is 26.9 Å². The molecule has 0 rings (SSSR count). The molecule has 0 aromatic carbocycles. The molecule has 2 unspecified atom stereocenters. The molecule has 0 saturated carbocycles. The molecular formula is C26H57N3O3. The average molecular weight is 460 g/mol. The van der Waals surface area contributed by atoms with E-state index in [0.717, 1.165) is 25.7 Å². The summed E-state index contributed by atoms with van der Waals surface area (Å²) in [5, 5.41) is 2.75. The first-order valence-corrected chi connectivity index (χ1v) is 13.4. The second-order valence-electron chi connectivity index (χ2n) is 8.93. The van der Waals surface area contributed by atoms with Gasteiger partial charge in [0.05, 0.1) is 12.6 Å². The Morgan fingerprint density at radius 2 is 1.09 bits per heavy atom. The van der Waals surface area contributed by atoms with Crippen molar-refractivity contribution in [3.8, 4) is 0 Å². The molecule has 0 fully saturated rings. The molecular weight excluding hydrogens is 402 g/mol. The highest BCUT2D eigenvalue weighted by atomic mass is 16.7. The van der Waals surface area contributed by atoms with Crippen molar-refractivity contribution in [3.05, 3.63) is 0 Å². The van der Waals surface area contributed by atoms with Crippen LogP contribution >= 0.6 is 0 Å². The number of primary amides is 1. The summed E-state index contributed by atoms with van der Waals surface area (Å²) in [6, 6.07) is -0.312. The van der Waals surface area contributed by atoms with Gasteiger partial charge >= 0.3 is 6.09 Å². The van der Waals surface area contributed by atoms with E-state index < -0.39 is 12.4 Å². The number of nitrogens with two attached hydrogens (primary N) is 2. The van der Waals surface area contributed by atoms with Crippen molar-refractivity contribution in [1.82, 2.24) is 5.32 Å². The minimum absolute atomic E-state index is 0.312. The average Bonchev–Trinajstić information content (AvgIpc) is 2.75. The fraction of sp³-hybridized carbons (Fsp3) is 0.962. The molecule has 0 aromatic heterocycles. The van der Waals surface area contributed by atoms with Gasteiger partial charge in [-0.1, -0.05) is 117 Å². The number of amides is 1. The number of hydrogen-bond donors (Lipinski definition) is 3. The molecule has 194 valence electrons. The summed E-state index contributed by atoms with van der Waals surface area (Å²) >= 11 is 0. The predicted molar refractivity (Wildman–Crippen MR) is 138 cm³/mol. The van der Waals surface area contributed by atoms with Crippen LogP contribution in [0.2, 0.25) is 0 Å². The third kappa shape index (κ3) is 27.2. The molecule has 0 saturated heterocycles. The number of carbonyl (C=O) groups excluding carboxylic acids is 1. The summed E-state index contributed by atoms with van der Waals surface area (Å²) in [5.41, 5.74) is 11.1. The van der Waals surface area contributed by atoms with Crippen LogP contribution in [0.25, 0.3) is 0 Å². The van der Waals surface area contributed by atoms with E-state index in [0.29, 0.717) is 6.61 Å². The molecule has 0 aromatic rings. The monoisotopic (exact) mass is 459 g/mol.